The Morgan fingerprint density at radius 2 is 2.20 bits per heavy atom. The van der Waals surface area contributed by atoms with Crippen molar-refractivity contribution in [2.24, 2.45) is 5.41 Å². The maximum Gasteiger partial charge on any atom is 0.311 e. The molecule has 0 saturated carbocycles. The molecule has 0 aromatic carbocycles. The zero-order chi connectivity index (χ0) is 14.0. The summed E-state index contributed by atoms with van der Waals surface area (Å²) < 4.78 is 12.5. The van der Waals surface area contributed by atoms with E-state index in [1.165, 1.54) is 0 Å². The van der Waals surface area contributed by atoms with Gasteiger partial charge in [-0.25, -0.2) is 4.68 Å². The molecular formula is C12H18N4O4. The van der Waals surface area contributed by atoms with Gasteiger partial charge in [0.2, 0.25) is 0 Å². The van der Waals surface area contributed by atoms with Crippen LogP contribution < -0.4 is 0 Å². The summed E-state index contributed by atoms with van der Waals surface area (Å²) in [7, 11) is 0. The molecule has 2 fully saturated rings. The number of ether oxygens (including phenoxy) is 2. The zero-order valence-corrected chi connectivity index (χ0v) is 11.2. The fourth-order valence-electron chi connectivity index (χ4n) is 2.82. The molecule has 2 saturated heterocycles. The van der Waals surface area contributed by atoms with Crippen LogP contribution in [0.5, 0.6) is 0 Å². The molecule has 1 atom stereocenters. The first-order chi connectivity index (χ1) is 9.71. The van der Waals surface area contributed by atoms with Gasteiger partial charge in [0.1, 0.15) is 6.10 Å². The first-order valence-corrected chi connectivity index (χ1v) is 6.90. The summed E-state index contributed by atoms with van der Waals surface area (Å²) in [6.07, 6.45) is 2.70. The van der Waals surface area contributed by atoms with E-state index < -0.39 is 11.4 Å². The molecule has 0 bridgehead atoms. The van der Waals surface area contributed by atoms with Gasteiger partial charge in [0.15, 0.2) is 5.82 Å². The van der Waals surface area contributed by atoms with Crippen molar-refractivity contribution < 1.29 is 19.4 Å². The second-order valence-electron chi connectivity index (χ2n) is 5.39. The summed E-state index contributed by atoms with van der Waals surface area (Å²) >= 11 is 0. The van der Waals surface area contributed by atoms with Gasteiger partial charge in [-0.3, -0.25) is 4.79 Å². The van der Waals surface area contributed by atoms with Crippen molar-refractivity contribution in [3.05, 3.63) is 5.82 Å². The van der Waals surface area contributed by atoms with Crippen LogP contribution in [0, 0.1) is 5.41 Å². The van der Waals surface area contributed by atoms with Crippen LogP contribution in [0.25, 0.3) is 0 Å². The minimum absolute atomic E-state index is 0.115. The predicted molar refractivity (Wildman–Crippen MR) is 65.9 cm³/mol. The van der Waals surface area contributed by atoms with Gasteiger partial charge in [0.25, 0.3) is 0 Å². The number of aromatic nitrogens is 4. The number of nitrogens with zero attached hydrogens (tertiary/aromatic N) is 4. The SMILES string of the molecule is O=C(O)C1(Cn2nnnc2C2CCCO2)CCOCC1. The number of hydrogen-bond donors (Lipinski definition) is 1. The van der Waals surface area contributed by atoms with Gasteiger partial charge in [0.05, 0.1) is 12.0 Å². The van der Waals surface area contributed by atoms with Crippen LogP contribution in [0.1, 0.15) is 37.6 Å². The van der Waals surface area contributed by atoms with E-state index in [1.54, 1.807) is 4.68 Å². The summed E-state index contributed by atoms with van der Waals surface area (Å²) in [5.41, 5.74) is -0.846. The highest BCUT2D eigenvalue weighted by atomic mass is 16.5. The summed E-state index contributed by atoms with van der Waals surface area (Å²) in [5, 5.41) is 21.2. The minimum atomic E-state index is -0.846. The first kappa shape index (κ1) is 13.4. The molecule has 1 aromatic rings. The van der Waals surface area contributed by atoms with Crippen LogP contribution in [0.4, 0.5) is 0 Å². The van der Waals surface area contributed by atoms with Gasteiger partial charge >= 0.3 is 5.97 Å². The Morgan fingerprint density at radius 3 is 2.85 bits per heavy atom. The molecule has 8 nitrogen and oxygen atoms in total. The van der Waals surface area contributed by atoms with Crippen molar-refractivity contribution in [1.29, 1.82) is 0 Å². The van der Waals surface area contributed by atoms with Crippen LogP contribution in [0.15, 0.2) is 0 Å². The summed E-state index contributed by atoms with van der Waals surface area (Å²) in [4.78, 5) is 11.7. The molecule has 2 aliphatic heterocycles. The Hall–Kier alpha value is -1.54. The summed E-state index contributed by atoms with van der Waals surface area (Å²) in [5.74, 6) is -0.177. The number of carbonyl (C=O) groups is 1. The standard InChI is InChI=1S/C12H18N4O4/c17-11(18)12(3-6-19-7-4-12)8-16-10(13-14-15-16)9-2-1-5-20-9/h9H,1-8H2,(H,17,18). The van der Waals surface area contributed by atoms with E-state index >= 15 is 0 Å². The van der Waals surface area contributed by atoms with Crippen LogP contribution in [-0.4, -0.2) is 51.1 Å². The maximum absolute atomic E-state index is 11.7. The number of aliphatic carboxylic acids is 1. The molecule has 3 rings (SSSR count). The van der Waals surface area contributed by atoms with E-state index in [9.17, 15) is 9.90 Å². The molecule has 8 heteroatoms. The van der Waals surface area contributed by atoms with Crippen molar-refractivity contribution in [3.63, 3.8) is 0 Å². The average Bonchev–Trinajstić information content (AvgIpc) is 3.10. The Balaban J connectivity index is 1.82. The molecule has 1 unspecified atom stereocenters. The molecule has 0 amide bonds. The third-order valence-corrected chi connectivity index (χ3v) is 4.13. The van der Waals surface area contributed by atoms with Crippen LogP contribution >= 0.6 is 0 Å². The van der Waals surface area contributed by atoms with Crippen molar-refractivity contribution in [1.82, 2.24) is 20.2 Å². The van der Waals surface area contributed by atoms with E-state index in [0.717, 1.165) is 12.8 Å². The van der Waals surface area contributed by atoms with Crippen molar-refractivity contribution >= 4 is 5.97 Å². The second kappa shape index (κ2) is 5.45. The normalized spacial score (nSPS) is 25.7. The van der Waals surface area contributed by atoms with Crippen molar-refractivity contribution in [2.75, 3.05) is 19.8 Å². The predicted octanol–water partition coefficient (Wildman–Crippen LogP) is 0.406. The lowest BCUT2D eigenvalue weighted by Crippen LogP contribution is -2.41. The zero-order valence-electron chi connectivity index (χ0n) is 11.2. The van der Waals surface area contributed by atoms with Gasteiger partial charge in [-0.2, -0.15) is 0 Å². The van der Waals surface area contributed by atoms with E-state index in [0.29, 0.717) is 38.5 Å². The minimum Gasteiger partial charge on any atom is -0.481 e. The van der Waals surface area contributed by atoms with Gasteiger partial charge < -0.3 is 14.6 Å². The number of carboxylic acid groups (broad SMARTS) is 1. The third-order valence-electron chi connectivity index (χ3n) is 4.13. The molecule has 1 N–H and O–H groups in total. The highest BCUT2D eigenvalue weighted by molar-refractivity contribution is 5.74. The lowest BCUT2D eigenvalue weighted by Gasteiger charge is -2.33. The van der Waals surface area contributed by atoms with Gasteiger partial charge in [0, 0.05) is 19.8 Å². The molecule has 0 aliphatic carbocycles. The van der Waals surface area contributed by atoms with Crippen molar-refractivity contribution in [3.8, 4) is 0 Å². The molecule has 0 radical (unpaired) electrons. The number of tetrazole rings is 1. The lowest BCUT2D eigenvalue weighted by atomic mass is 9.80. The highest BCUT2D eigenvalue weighted by Gasteiger charge is 2.42. The molecule has 110 valence electrons. The Kier molecular flexibility index (Phi) is 3.66. The molecule has 20 heavy (non-hydrogen) atoms. The largest absolute Gasteiger partial charge is 0.481 e. The second-order valence-corrected chi connectivity index (χ2v) is 5.39. The summed E-state index contributed by atoms with van der Waals surface area (Å²) in [6, 6.07) is 0. The molecule has 0 spiro atoms. The number of carboxylic acids is 1. The fraction of sp³-hybridized carbons (Fsp3) is 0.833. The quantitative estimate of drug-likeness (QED) is 0.853. The lowest BCUT2D eigenvalue weighted by molar-refractivity contribution is -0.156. The van der Waals surface area contributed by atoms with E-state index in [1.807, 2.05) is 0 Å². The Labute approximate surface area is 116 Å². The van der Waals surface area contributed by atoms with Gasteiger partial charge in [-0.05, 0) is 36.1 Å². The topological polar surface area (TPSA) is 99.4 Å². The van der Waals surface area contributed by atoms with Gasteiger partial charge in [-0.1, -0.05) is 0 Å². The smallest absolute Gasteiger partial charge is 0.311 e. The van der Waals surface area contributed by atoms with Gasteiger partial charge in [-0.15, -0.1) is 5.10 Å². The fourth-order valence-corrected chi connectivity index (χ4v) is 2.82. The number of rotatable bonds is 4. The first-order valence-electron chi connectivity index (χ1n) is 6.90. The highest BCUT2D eigenvalue weighted by Crippen LogP contribution is 2.34. The Morgan fingerprint density at radius 1 is 1.40 bits per heavy atom. The van der Waals surface area contributed by atoms with Crippen LogP contribution in [0.3, 0.4) is 0 Å². The van der Waals surface area contributed by atoms with E-state index in [-0.39, 0.29) is 12.6 Å². The van der Waals surface area contributed by atoms with Crippen molar-refractivity contribution in [2.45, 2.75) is 38.3 Å². The van der Waals surface area contributed by atoms with E-state index in [4.69, 9.17) is 9.47 Å². The average molecular weight is 282 g/mol. The molecule has 3 heterocycles. The number of hydrogen-bond acceptors (Lipinski definition) is 6. The van der Waals surface area contributed by atoms with Crippen LogP contribution in [-0.2, 0) is 20.8 Å². The summed E-state index contributed by atoms with van der Waals surface area (Å²) in [6.45, 7) is 1.90. The molecule has 1 aromatic heterocycles. The Bertz CT molecular complexity index is 478. The van der Waals surface area contributed by atoms with Crippen LogP contribution in [0.2, 0.25) is 0 Å². The van der Waals surface area contributed by atoms with E-state index in [2.05, 4.69) is 15.5 Å². The monoisotopic (exact) mass is 282 g/mol. The molecular weight excluding hydrogens is 264 g/mol. The molecule has 2 aliphatic rings. The maximum atomic E-state index is 11.7. The third kappa shape index (κ3) is 2.40.